The van der Waals surface area contributed by atoms with Crippen LogP contribution in [0.4, 0.5) is 22.3 Å². The van der Waals surface area contributed by atoms with Gasteiger partial charge >= 0.3 is 11.4 Å². The van der Waals surface area contributed by atoms with Crippen molar-refractivity contribution in [3.05, 3.63) is 134 Å². The van der Waals surface area contributed by atoms with Crippen LogP contribution in [0, 0.1) is 11.8 Å². The third-order valence-electron chi connectivity index (χ3n) is 13.0. The number of methoxy groups -OCH3 is 2. The molecule has 7 N–H and O–H groups in total. The van der Waals surface area contributed by atoms with Crippen LogP contribution in [0.3, 0.4) is 0 Å². The van der Waals surface area contributed by atoms with Gasteiger partial charge in [0.1, 0.15) is 32.8 Å². The maximum atomic E-state index is 13.4. The number of nitrogens with two attached hydrogens (primary N) is 1. The number of rotatable bonds is 20. The molecule has 6 aromatic rings. The summed E-state index contributed by atoms with van der Waals surface area (Å²) in [6.07, 6.45) is 0.532. The van der Waals surface area contributed by atoms with E-state index in [1.54, 1.807) is 9.97 Å². The number of hydrogen-bond acceptors (Lipinski definition) is 17. The SMILES string of the molecule is COc1ccc(Oc2c(Cl)cc(-n3nc(C(F)F)c(=O)[nH]c3=O)cc2Cl)cc1S(=O)(=O)Cl.COc1ccc(Oc2c(Cl)cc(-n3nc(C(F)F)c(=O)[nH]c3=O)cc2Cl)cc1S(=O)(=O)NC1(CNC(=O)C2CC2)CC1.F.NC1(CNC(=O)C2CC2)CC1. The van der Waals surface area contributed by atoms with Gasteiger partial charge in [0.05, 0.1) is 51.2 Å². The Labute approximate surface area is 507 Å². The summed E-state index contributed by atoms with van der Waals surface area (Å²) >= 11 is 25.0. The molecule has 4 saturated carbocycles. The fraction of sp³-hybridized carbons (Fsp3) is 0.360. The number of aromatic amines is 2. The first-order valence-electron chi connectivity index (χ1n) is 25.0. The van der Waals surface area contributed by atoms with E-state index < -0.39 is 71.3 Å². The van der Waals surface area contributed by atoms with Crippen LogP contribution in [-0.2, 0) is 28.7 Å². The van der Waals surface area contributed by atoms with Gasteiger partial charge in [-0.05, 0) is 99.9 Å². The largest absolute Gasteiger partial charge is 0.495 e. The third-order valence-corrected chi connectivity index (χ3v) is 17.1. The number of hydrogen-bond donors (Lipinski definition) is 6. The Balaban J connectivity index is 0.000000211. The minimum Gasteiger partial charge on any atom is -0.495 e. The molecule has 0 atom stereocenters. The van der Waals surface area contributed by atoms with Gasteiger partial charge in [0, 0.05) is 53.3 Å². The molecular weight excluding hydrogens is 1300 g/mol. The summed E-state index contributed by atoms with van der Waals surface area (Å²) < 4.78 is 128. The zero-order chi connectivity index (χ0) is 62.1. The number of sulfonamides is 1. The second kappa shape index (κ2) is 26.6. The van der Waals surface area contributed by atoms with Crippen molar-refractivity contribution in [2.24, 2.45) is 17.6 Å². The molecule has 4 aromatic carbocycles. The molecule has 4 aliphatic rings. The summed E-state index contributed by atoms with van der Waals surface area (Å²) in [5, 5.41) is 11.7. The number of halogens is 10. The van der Waals surface area contributed by atoms with Crippen molar-refractivity contribution >= 4 is 88.0 Å². The third kappa shape index (κ3) is 16.4. The highest BCUT2D eigenvalue weighted by atomic mass is 35.7. The van der Waals surface area contributed by atoms with Crippen LogP contribution in [0.1, 0.15) is 75.6 Å². The zero-order valence-electron chi connectivity index (χ0n) is 44.4. The van der Waals surface area contributed by atoms with Gasteiger partial charge in [-0.1, -0.05) is 46.4 Å². The van der Waals surface area contributed by atoms with Gasteiger partial charge in [-0.25, -0.2) is 48.7 Å². The van der Waals surface area contributed by atoms with Crippen molar-refractivity contribution in [2.75, 3.05) is 27.3 Å². The quantitative estimate of drug-likeness (QED) is 0.0321. The standard InChI is InChI=1S/C25H23Cl2F2N5O7S.C17H10Cl3F2N3O6S.C8H14N2O.FH/c1-40-17-5-4-14(10-18(17)42(38,39)33-25(6-7-25)11-30-22(35)12-2-3-12)41-20-15(26)8-13(9-16(20)27)34-24(37)31-23(36)19(32-34)21(28)29;1-30-11-3-2-8(6-12(11)32(20,28)29)31-14-9(18)4-7(5-10(14)19)25-17(27)23-16(26)13(24-25)15(21)22;9-8(3-4-8)5-10-7(11)6-1-2-6;/h4-5,8-10,12,21,33H,2-3,6-7,11H2,1H3,(H,30,35)(H,31,36,37);2-6,15H,1H3,(H,23,26,27);6H,1-5,9H2,(H,10,11);1H. The molecule has 2 aromatic heterocycles. The number of ether oxygens (including phenoxy) is 4. The lowest BCUT2D eigenvalue weighted by molar-refractivity contribution is -0.123. The summed E-state index contributed by atoms with van der Waals surface area (Å²) in [4.78, 5) is 73.3. The van der Waals surface area contributed by atoms with Gasteiger partial charge in [0.15, 0.2) is 22.9 Å². The second-order valence-electron chi connectivity index (χ2n) is 19.7. The Hall–Kier alpha value is -6.84. The highest BCUT2D eigenvalue weighted by Gasteiger charge is 2.47. The normalized spacial score (nSPS) is 15.4. The maximum absolute atomic E-state index is 13.4. The van der Waals surface area contributed by atoms with Crippen LogP contribution >= 0.6 is 57.1 Å². The molecule has 0 bridgehead atoms. The van der Waals surface area contributed by atoms with Crippen molar-refractivity contribution in [2.45, 2.75) is 85.1 Å². The highest BCUT2D eigenvalue weighted by molar-refractivity contribution is 8.13. The van der Waals surface area contributed by atoms with Crippen molar-refractivity contribution in [3.63, 3.8) is 0 Å². The summed E-state index contributed by atoms with van der Waals surface area (Å²) in [5.74, 6) is 0.103. The van der Waals surface area contributed by atoms with Crippen LogP contribution in [0.15, 0.2) is 89.6 Å². The van der Waals surface area contributed by atoms with Gasteiger partial charge in [-0.2, -0.15) is 19.6 Å². The minimum absolute atomic E-state index is 0. The summed E-state index contributed by atoms with van der Waals surface area (Å²) in [6, 6.07) is 12.2. The van der Waals surface area contributed by atoms with Gasteiger partial charge in [0.25, 0.3) is 33.0 Å². The molecule has 2 heterocycles. The van der Waals surface area contributed by atoms with Gasteiger partial charge in [-0.3, -0.25) is 33.9 Å². The first-order chi connectivity index (χ1) is 39.9. The predicted molar refractivity (Wildman–Crippen MR) is 302 cm³/mol. The maximum Gasteiger partial charge on any atom is 0.349 e. The molecule has 4 aliphatic carbocycles. The van der Waals surface area contributed by atoms with Crippen molar-refractivity contribution in [3.8, 4) is 45.9 Å². The number of H-pyrrole nitrogens is 2. The van der Waals surface area contributed by atoms with Crippen LogP contribution in [0.5, 0.6) is 34.5 Å². The summed E-state index contributed by atoms with van der Waals surface area (Å²) in [5.41, 5.74) is -2.57. The molecule has 464 valence electrons. The van der Waals surface area contributed by atoms with Gasteiger partial charge < -0.3 is 35.3 Å². The molecule has 0 aliphatic heterocycles. The van der Waals surface area contributed by atoms with E-state index in [-0.39, 0.29) is 110 Å². The number of benzene rings is 4. The summed E-state index contributed by atoms with van der Waals surface area (Å²) in [6.45, 7) is 0.839. The number of amides is 2. The average Bonchev–Trinajstić information content (AvgIpc) is 2.77. The number of carbonyl (C=O) groups excluding carboxylic acids is 2. The number of nitrogens with one attached hydrogen (secondary N) is 5. The van der Waals surface area contributed by atoms with Crippen molar-refractivity contribution in [1.29, 1.82) is 0 Å². The first-order valence-corrected chi connectivity index (χ1v) is 30.3. The van der Waals surface area contributed by atoms with E-state index in [1.807, 2.05) is 0 Å². The number of aromatic nitrogens is 6. The molecule has 24 nitrogen and oxygen atoms in total. The molecule has 0 spiro atoms. The van der Waals surface area contributed by atoms with Crippen molar-refractivity contribution < 1.29 is 67.6 Å². The van der Waals surface area contributed by atoms with Crippen LogP contribution in [0.25, 0.3) is 11.4 Å². The smallest absolute Gasteiger partial charge is 0.349 e. The van der Waals surface area contributed by atoms with E-state index in [0.29, 0.717) is 34.7 Å². The van der Waals surface area contributed by atoms with E-state index in [2.05, 4.69) is 25.6 Å². The Morgan fingerprint density at radius 1 is 0.651 bits per heavy atom. The van der Waals surface area contributed by atoms with E-state index in [1.165, 1.54) is 44.6 Å². The van der Waals surface area contributed by atoms with E-state index in [4.69, 9.17) is 81.8 Å². The molecule has 2 amide bonds. The van der Waals surface area contributed by atoms with Crippen LogP contribution in [0.2, 0.25) is 20.1 Å². The van der Waals surface area contributed by atoms with E-state index in [0.717, 1.165) is 68.9 Å². The Morgan fingerprint density at radius 3 is 1.38 bits per heavy atom. The number of alkyl halides is 4. The lowest BCUT2D eigenvalue weighted by Gasteiger charge is -2.20. The van der Waals surface area contributed by atoms with Gasteiger partial charge in [0.2, 0.25) is 21.8 Å². The fourth-order valence-corrected chi connectivity index (χ4v) is 11.5. The van der Waals surface area contributed by atoms with E-state index >= 15 is 0 Å². The minimum atomic E-state index is -4.18. The summed E-state index contributed by atoms with van der Waals surface area (Å²) in [7, 11) is -0.387. The lowest BCUT2D eigenvalue weighted by Crippen LogP contribution is -2.46. The molecule has 0 saturated heterocycles. The monoisotopic (exact) mass is 1350 g/mol. The Morgan fingerprint density at radius 2 is 1.03 bits per heavy atom. The highest BCUT2D eigenvalue weighted by Crippen LogP contribution is 2.43. The number of nitrogens with zero attached hydrogens (tertiary/aromatic N) is 4. The van der Waals surface area contributed by atoms with Crippen LogP contribution in [-0.4, -0.2) is 96.6 Å². The topological polar surface area (TPSA) is 337 Å². The molecule has 4 fully saturated rings. The van der Waals surface area contributed by atoms with Gasteiger partial charge in [-0.15, -0.1) is 0 Å². The van der Waals surface area contributed by atoms with Crippen LogP contribution < -0.4 is 62.5 Å². The lowest BCUT2D eigenvalue weighted by atomic mass is 10.3. The Bertz CT molecular complexity index is 4050. The zero-order valence-corrected chi connectivity index (χ0v) is 49.8. The fourth-order valence-electron chi connectivity index (χ4n) is 7.71. The molecular formula is C50H48Cl5F5N10O14S2. The second-order valence-corrected chi connectivity index (χ2v) is 25.5. The molecule has 86 heavy (non-hydrogen) atoms. The first kappa shape index (κ1) is 66.7. The van der Waals surface area contributed by atoms with Crippen molar-refractivity contribution in [1.82, 2.24) is 44.9 Å². The predicted octanol–water partition coefficient (Wildman–Crippen LogP) is 7.35. The van der Waals surface area contributed by atoms with E-state index in [9.17, 15) is 63.2 Å². The molecule has 0 unspecified atom stereocenters. The number of carbonyl (C=O) groups is 2. The molecule has 0 radical (unpaired) electrons. The molecule has 10 rings (SSSR count). The molecule has 36 heteroatoms. The average molecular weight is 1350 g/mol. The Kier molecular flexibility index (Phi) is 20.7.